The van der Waals surface area contributed by atoms with Gasteiger partial charge in [-0.2, -0.15) is 0 Å². The molecule has 3 aliphatic rings. The maximum absolute atomic E-state index is 12.8. The summed E-state index contributed by atoms with van der Waals surface area (Å²) in [7, 11) is 0. The van der Waals surface area contributed by atoms with Gasteiger partial charge < -0.3 is 15.0 Å². The van der Waals surface area contributed by atoms with E-state index in [2.05, 4.69) is 5.32 Å². The lowest BCUT2D eigenvalue weighted by Crippen LogP contribution is -2.44. The smallest absolute Gasteiger partial charge is 0.263 e. The van der Waals surface area contributed by atoms with Crippen molar-refractivity contribution in [3.05, 3.63) is 22.4 Å². The molecule has 0 unspecified atom stereocenters. The fourth-order valence-electron chi connectivity index (χ4n) is 4.02. The molecule has 6 heteroatoms. The first-order chi connectivity index (χ1) is 11.7. The maximum atomic E-state index is 12.8. The number of hydrogen-bond donors (Lipinski definition) is 1. The van der Waals surface area contributed by atoms with Crippen LogP contribution in [-0.2, 0) is 9.53 Å². The van der Waals surface area contributed by atoms with E-state index in [0.29, 0.717) is 32.2 Å². The summed E-state index contributed by atoms with van der Waals surface area (Å²) in [6.07, 6.45) is 4.19. The molecule has 1 spiro atoms. The van der Waals surface area contributed by atoms with E-state index in [4.69, 9.17) is 4.74 Å². The summed E-state index contributed by atoms with van der Waals surface area (Å²) < 4.78 is 5.53. The minimum absolute atomic E-state index is 0.0633. The Morgan fingerprint density at radius 1 is 1.33 bits per heavy atom. The third kappa shape index (κ3) is 3.09. The molecule has 5 nitrogen and oxygen atoms in total. The number of nitrogens with zero attached hydrogens (tertiary/aromatic N) is 1. The summed E-state index contributed by atoms with van der Waals surface area (Å²) in [6.45, 7) is 3.38. The first kappa shape index (κ1) is 16.1. The molecule has 1 aliphatic carbocycles. The Labute approximate surface area is 146 Å². The van der Waals surface area contributed by atoms with E-state index in [-0.39, 0.29) is 23.1 Å². The van der Waals surface area contributed by atoms with Crippen LogP contribution in [0.2, 0.25) is 0 Å². The molecule has 4 rings (SSSR count). The Kier molecular flexibility index (Phi) is 4.35. The number of carbonyl (C=O) groups excluding carboxylic acids is 2. The van der Waals surface area contributed by atoms with Crippen molar-refractivity contribution in [1.29, 1.82) is 0 Å². The summed E-state index contributed by atoms with van der Waals surface area (Å²) in [5.41, 5.74) is -0.112. The van der Waals surface area contributed by atoms with E-state index in [9.17, 15) is 9.59 Å². The van der Waals surface area contributed by atoms with Crippen LogP contribution < -0.4 is 5.32 Å². The highest BCUT2D eigenvalue weighted by Crippen LogP contribution is 2.45. The second kappa shape index (κ2) is 6.48. The molecule has 24 heavy (non-hydrogen) atoms. The molecule has 0 bridgehead atoms. The average molecular weight is 348 g/mol. The van der Waals surface area contributed by atoms with Crippen molar-refractivity contribution in [1.82, 2.24) is 10.2 Å². The Hall–Kier alpha value is -1.40. The Morgan fingerprint density at radius 2 is 2.12 bits per heavy atom. The summed E-state index contributed by atoms with van der Waals surface area (Å²) in [5.74, 6) is 0.757. The summed E-state index contributed by atoms with van der Waals surface area (Å²) in [6, 6.07) is 3.77. The molecule has 130 valence electrons. The lowest BCUT2D eigenvalue weighted by atomic mass is 9.71. The number of rotatable bonds is 4. The summed E-state index contributed by atoms with van der Waals surface area (Å²) in [4.78, 5) is 28.2. The number of likely N-dealkylation sites (tertiary alicyclic amines) is 1. The van der Waals surface area contributed by atoms with E-state index in [1.807, 2.05) is 22.4 Å². The topological polar surface area (TPSA) is 58.6 Å². The van der Waals surface area contributed by atoms with Crippen LogP contribution in [0.25, 0.3) is 0 Å². The van der Waals surface area contributed by atoms with Gasteiger partial charge >= 0.3 is 0 Å². The van der Waals surface area contributed by atoms with Gasteiger partial charge in [0.15, 0.2) is 0 Å². The van der Waals surface area contributed by atoms with Crippen LogP contribution >= 0.6 is 11.3 Å². The number of thiophene rings is 1. The number of hydrogen-bond acceptors (Lipinski definition) is 4. The second-order valence-corrected chi connectivity index (χ2v) is 8.33. The molecule has 2 aliphatic heterocycles. The van der Waals surface area contributed by atoms with Crippen molar-refractivity contribution in [2.45, 2.75) is 25.7 Å². The van der Waals surface area contributed by atoms with E-state index >= 15 is 0 Å². The highest BCUT2D eigenvalue weighted by molar-refractivity contribution is 7.12. The van der Waals surface area contributed by atoms with E-state index in [0.717, 1.165) is 24.3 Å². The van der Waals surface area contributed by atoms with E-state index < -0.39 is 0 Å². The number of amides is 2. The normalized spacial score (nSPS) is 25.8. The standard InChI is InChI=1S/C18H24N2O3S/c21-16(19-10-13-3-4-13)14-11-20(17(22)15-2-1-9-24-15)12-18(14)5-7-23-8-6-18/h1-2,9,13-14H,3-8,10-12H2,(H,19,21)/t14-/m0/s1. The van der Waals surface area contributed by atoms with Crippen molar-refractivity contribution < 1.29 is 14.3 Å². The average Bonchev–Trinajstić information content (AvgIpc) is 3.13. The molecule has 1 aromatic heterocycles. The Balaban J connectivity index is 1.50. The number of ether oxygens (including phenoxy) is 1. The third-order valence-corrected chi connectivity index (χ3v) is 6.59. The molecule has 0 radical (unpaired) electrons. The zero-order chi connectivity index (χ0) is 16.6. The predicted octanol–water partition coefficient (Wildman–Crippen LogP) is 2.14. The quantitative estimate of drug-likeness (QED) is 0.907. The van der Waals surface area contributed by atoms with Gasteiger partial charge in [0.05, 0.1) is 10.8 Å². The monoisotopic (exact) mass is 348 g/mol. The van der Waals surface area contributed by atoms with Gasteiger partial charge in [0, 0.05) is 38.3 Å². The van der Waals surface area contributed by atoms with Crippen LogP contribution in [0.3, 0.4) is 0 Å². The van der Waals surface area contributed by atoms with Crippen molar-refractivity contribution in [3.63, 3.8) is 0 Å². The molecule has 2 saturated heterocycles. The zero-order valence-electron chi connectivity index (χ0n) is 13.8. The fourth-order valence-corrected chi connectivity index (χ4v) is 4.71. The van der Waals surface area contributed by atoms with Crippen LogP contribution in [0.1, 0.15) is 35.4 Å². The van der Waals surface area contributed by atoms with Gasteiger partial charge in [0.1, 0.15) is 0 Å². The van der Waals surface area contributed by atoms with Gasteiger partial charge in [0.2, 0.25) is 5.91 Å². The van der Waals surface area contributed by atoms with Gasteiger partial charge in [-0.25, -0.2) is 0 Å². The van der Waals surface area contributed by atoms with E-state index in [1.54, 1.807) is 0 Å². The molecule has 1 N–H and O–H groups in total. The van der Waals surface area contributed by atoms with Crippen molar-refractivity contribution in [2.24, 2.45) is 17.3 Å². The summed E-state index contributed by atoms with van der Waals surface area (Å²) >= 11 is 1.47. The van der Waals surface area contributed by atoms with Crippen molar-refractivity contribution in [3.8, 4) is 0 Å². The lowest BCUT2D eigenvalue weighted by molar-refractivity contribution is -0.129. The van der Waals surface area contributed by atoms with E-state index in [1.165, 1.54) is 24.2 Å². The lowest BCUT2D eigenvalue weighted by Gasteiger charge is -2.37. The van der Waals surface area contributed by atoms with Gasteiger partial charge in [-0.15, -0.1) is 11.3 Å². The van der Waals surface area contributed by atoms with Gasteiger partial charge in [-0.05, 0) is 43.0 Å². The maximum Gasteiger partial charge on any atom is 0.263 e. The molecule has 3 heterocycles. The molecular formula is C18H24N2O3S. The second-order valence-electron chi connectivity index (χ2n) is 7.38. The highest BCUT2D eigenvalue weighted by Gasteiger charge is 2.51. The minimum atomic E-state index is -0.112. The van der Waals surface area contributed by atoms with Crippen LogP contribution in [0.4, 0.5) is 0 Å². The molecular weight excluding hydrogens is 324 g/mol. The molecule has 3 fully saturated rings. The van der Waals surface area contributed by atoms with Crippen LogP contribution in [0.5, 0.6) is 0 Å². The van der Waals surface area contributed by atoms with Gasteiger partial charge in [0.25, 0.3) is 5.91 Å². The molecule has 2 amide bonds. The fraction of sp³-hybridized carbons (Fsp3) is 0.667. The van der Waals surface area contributed by atoms with Crippen molar-refractivity contribution in [2.75, 3.05) is 32.8 Å². The first-order valence-corrected chi connectivity index (χ1v) is 9.74. The SMILES string of the molecule is O=C(NCC1CC1)[C@@H]1CN(C(=O)c2cccs2)CC12CCOCC2. The molecule has 1 saturated carbocycles. The number of carbonyl (C=O) groups is 2. The van der Waals surface area contributed by atoms with Crippen molar-refractivity contribution >= 4 is 23.2 Å². The molecule has 1 atom stereocenters. The van der Waals surface area contributed by atoms with Crippen LogP contribution in [0, 0.1) is 17.3 Å². The largest absolute Gasteiger partial charge is 0.381 e. The Morgan fingerprint density at radius 3 is 2.79 bits per heavy atom. The predicted molar refractivity (Wildman–Crippen MR) is 91.9 cm³/mol. The van der Waals surface area contributed by atoms with Crippen LogP contribution in [0.15, 0.2) is 17.5 Å². The minimum Gasteiger partial charge on any atom is -0.381 e. The highest BCUT2D eigenvalue weighted by atomic mass is 32.1. The number of nitrogens with one attached hydrogen (secondary N) is 1. The molecule has 1 aromatic rings. The van der Waals surface area contributed by atoms with Crippen LogP contribution in [-0.4, -0.2) is 49.6 Å². The Bertz CT molecular complexity index is 606. The van der Waals surface area contributed by atoms with Gasteiger partial charge in [-0.1, -0.05) is 6.07 Å². The first-order valence-electron chi connectivity index (χ1n) is 8.86. The molecule has 0 aromatic carbocycles. The van der Waals surface area contributed by atoms with Gasteiger partial charge in [-0.3, -0.25) is 9.59 Å². The summed E-state index contributed by atoms with van der Waals surface area (Å²) in [5, 5.41) is 5.06. The zero-order valence-corrected chi connectivity index (χ0v) is 14.6. The third-order valence-electron chi connectivity index (χ3n) is 5.73.